The first-order valence-corrected chi connectivity index (χ1v) is 15.3. The zero-order valence-corrected chi connectivity index (χ0v) is 27.3. The van der Waals surface area contributed by atoms with E-state index in [0.29, 0.717) is 52.2 Å². The van der Waals surface area contributed by atoms with Crippen LogP contribution in [0.15, 0.2) is 78.0 Å². The minimum absolute atomic E-state index is 0.142. The van der Waals surface area contributed by atoms with Crippen molar-refractivity contribution in [2.75, 3.05) is 54.1 Å². The molecule has 0 fully saturated rings. The van der Waals surface area contributed by atoms with Crippen LogP contribution in [0.1, 0.15) is 45.7 Å². The highest BCUT2D eigenvalue weighted by atomic mass is 16.6. The van der Waals surface area contributed by atoms with Crippen LogP contribution in [0.5, 0.6) is 40.2 Å². The third kappa shape index (κ3) is 6.41. The predicted octanol–water partition coefficient (Wildman–Crippen LogP) is 5.91. The Morgan fingerprint density at radius 1 is 0.708 bits per heavy atom. The number of rotatable bonds is 13. The lowest BCUT2D eigenvalue weighted by atomic mass is 9.98. The Kier molecular flexibility index (Phi) is 9.60. The van der Waals surface area contributed by atoms with Crippen molar-refractivity contribution in [1.82, 2.24) is 5.32 Å². The summed E-state index contributed by atoms with van der Waals surface area (Å²) < 4.78 is 40.0. The van der Waals surface area contributed by atoms with Gasteiger partial charge < -0.3 is 48.6 Å². The van der Waals surface area contributed by atoms with Crippen LogP contribution in [0.2, 0.25) is 0 Å². The molecule has 0 bridgehead atoms. The van der Waals surface area contributed by atoms with Gasteiger partial charge in [-0.3, -0.25) is 4.79 Å². The maximum absolute atomic E-state index is 12.6. The highest BCUT2D eigenvalue weighted by Crippen LogP contribution is 2.43. The SMILES string of the molecule is COc1cc(C2NC(=O)c3ccccc3N2)ccc1OCCOc1cccc(C2CC(c3cc(OC)c(OC)c(OC)c3)=NO2)c1OC. The van der Waals surface area contributed by atoms with E-state index in [-0.39, 0.29) is 19.1 Å². The van der Waals surface area contributed by atoms with E-state index in [1.165, 1.54) is 0 Å². The molecule has 0 saturated heterocycles. The first-order chi connectivity index (χ1) is 23.5. The van der Waals surface area contributed by atoms with Crippen molar-refractivity contribution < 1.29 is 42.8 Å². The molecule has 0 radical (unpaired) electrons. The Morgan fingerprint density at radius 3 is 2.12 bits per heavy atom. The van der Waals surface area contributed by atoms with Gasteiger partial charge in [-0.05, 0) is 48.0 Å². The number of para-hydroxylation sites is 2. The number of carbonyl (C=O) groups is 1. The van der Waals surface area contributed by atoms with Gasteiger partial charge >= 0.3 is 0 Å². The standard InChI is InChI=1S/C36H37N3O9/c1-41-30-17-21(35-37-25-11-7-6-9-23(25)36(40)38-35)13-14-27(30)46-15-16-47-28-12-8-10-24(33(28)44-4)29-20-26(39-48-29)22-18-31(42-2)34(45-5)32(19-22)43-3/h6-14,17-19,29,35,37H,15-16,20H2,1-5H3,(H,38,40). The molecule has 2 atom stereocenters. The molecule has 0 aromatic heterocycles. The molecule has 12 heteroatoms. The van der Waals surface area contributed by atoms with Gasteiger partial charge in [-0.15, -0.1) is 0 Å². The van der Waals surface area contributed by atoms with Crippen molar-refractivity contribution in [3.05, 3.63) is 95.1 Å². The number of nitrogens with zero attached hydrogens (tertiary/aromatic N) is 1. The molecule has 4 aromatic carbocycles. The maximum atomic E-state index is 12.6. The molecule has 12 nitrogen and oxygen atoms in total. The number of fused-ring (bicyclic) bond motifs is 1. The van der Waals surface area contributed by atoms with Crippen LogP contribution in [0.3, 0.4) is 0 Å². The van der Waals surface area contributed by atoms with Crippen LogP contribution in [-0.2, 0) is 4.84 Å². The molecule has 0 aliphatic carbocycles. The number of ether oxygens (including phenoxy) is 7. The van der Waals surface area contributed by atoms with E-state index in [0.717, 1.165) is 28.1 Å². The van der Waals surface area contributed by atoms with Crippen molar-refractivity contribution in [2.24, 2.45) is 5.16 Å². The normalized spacial score (nSPS) is 16.4. The monoisotopic (exact) mass is 655 g/mol. The van der Waals surface area contributed by atoms with Gasteiger partial charge in [-0.25, -0.2) is 0 Å². The average molecular weight is 656 g/mol. The van der Waals surface area contributed by atoms with Crippen LogP contribution in [0, 0.1) is 0 Å². The van der Waals surface area contributed by atoms with Gasteiger partial charge in [0.2, 0.25) is 5.75 Å². The van der Waals surface area contributed by atoms with Crippen molar-refractivity contribution >= 4 is 17.3 Å². The summed E-state index contributed by atoms with van der Waals surface area (Å²) in [5.41, 5.74) is 4.52. The Morgan fingerprint density at radius 2 is 1.42 bits per heavy atom. The summed E-state index contributed by atoms with van der Waals surface area (Å²) in [4.78, 5) is 18.5. The van der Waals surface area contributed by atoms with Crippen molar-refractivity contribution in [2.45, 2.75) is 18.7 Å². The lowest BCUT2D eigenvalue weighted by Gasteiger charge is -2.28. The molecule has 2 aliphatic rings. The number of carbonyl (C=O) groups excluding carboxylic acids is 1. The summed E-state index contributed by atoms with van der Waals surface area (Å²) in [6.07, 6.45) is -0.316. The fourth-order valence-corrected chi connectivity index (χ4v) is 5.74. The molecule has 1 amide bonds. The molecule has 0 saturated carbocycles. The molecular weight excluding hydrogens is 618 g/mol. The lowest BCUT2D eigenvalue weighted by Crippen LogP contribution is -2.38. The van der Waals surface area contributed by atoms with Gasteiger partial charge in [0, 0.05) is 23.2 Å². The smallest absolute Gasteiger partial charge is 0.255 e. The van der Waals surface area contributed by atoms with Gasteiger partial charge in [-0.2, -0.15) is 0 Å². The number of methoxy groups -OCH3 is 5. The summed E-state index contributed by atoms with van der Waals surface area (Å²) in [6.45, 7) is 0.476. The summed E-state index contributed by atoms with van der Waals surface area (Å²) in [5, 5.41) is 10.7. The third-order valence-corrected chi connectivity index (χ3v) is 8.09. The molecule has 2 N–H and O–H groups in total. The van der Waals surface area contributed by atoms with Crippen LogP contribution < -0.4 is 43.8 Å². The molecule has 2 unspecified atom stereocenters. The van der Waals surface area contributed by atoms with Gasteiger partial charge in [0.1, 0.15) is 19.4 Å². The molecule has 0 spiro atoms. The molecule has 250 valence electrons. The van der Waals surface area contributed by atoms with E-state index in [1.54, 1.807) is 41.6 Å². The van der Waals surface area contributed by atoms with Crippen LogP contribution >= 0.6 is 0 Å². The third-order valence-electron chi connectivity index (χ3n) is 8.09. The van der Waals surface area contributed by atoms with E-state index in [4.69, 9.17) is 38.0 Å². The Hall–Kier alpha value is -5.78. The average Bonchev–Trinajstić information content (AvgIpc) is 3.63. The first kappa shape index (κ1) is 32.2. The molecule has 2 aliphatic heterocycles. The fraction of sp³-hybridized carbons (Fsp3) is 0.278. The topological polar surface area (TPSA) is 127 Å². The van der Waals surface area contributed by atoms with E-state index in [2.05, 4.69) is 15.8 Å². The minimum atomic E-state index is -0.411. The summed E-state index contributed by atoms with van der Waals surface area (Å²) in [5.74, 6) is 3.59. The Labute approximate surface area is 278 Å². The van der Waals surface area contributed by atoms with E-state index < -0.39 is 12.3 Å². The first-order valence-electron chi connectivity index (χ1n) is 15.3. The van der Waals surface area contributed by atoms with Gasteiger partial charge in [0.25, 0.3) is 5.91 Å². The number of anilines is 1. The molecular formula is C36H37N3O9. The summed E-state index contributed by atoms with van der Waals surface area (Å²) >= 11 is 0. The number of nitrogens with one attached hydrogen (secondary N) is 2. The van der Waals surface area contributed by atoms with Crippen LogP contribution in [0.25, 0.3) is 0 Å². The highest BCUT2D eigenvalue weighted by molar-refractivity contribution is 6.02. The second-order valence-electron chi connectivity index (χ2n) is 10.8. The Bertz CT molecular complexity index is 1800. The molecule has 6 rings (SSSR count). The van der Waals surface area contributed by atoms with Crippen molar-refractivity contribution in [3.8, 4) is 40.2 Å². The van der Waals surface area contributed by atoms with E-state index in [9.17, 15) is 4.79 Å². The highest BCUT2D eigenvalue weighted by Gasteiger charge is 2.30. The Balaban J connectivity index is 1.08. The van der Waals surface area contributed by atoms with Gasteiger partial charge in [0.15, 0.2) is 40.6 Å². The zero-order valence-electron chi connectivity index (χ0n) is 27.3. The lowest BCUT2D eigenvalue weighted by molar-refractivity contribution is 0.0831. The largest absolute Gasteiger partial charge is 0.493 e. The van der Waals surface area contributed by atoms with Crippen LogP contribution in [0.4, 0.5) is 5.69 Å². The van der Waals surface area contributed by atoms with E-state index in [1.807, 2.05) is 66.7 Å². The quantitative estimate of drug-likeness (QED) is 0.168. The number of oxime groups is 1. The van der Waals surface area contributed by atoms with E-state index >= 15 is 0 Å². The fourth-order valence-electron chi connectivity index (χ4n) is 5.74. The van der Waals surface area contributed by atoms with Gasteiger partial charge in [-0.1, -0.05) is 35.5 Å². The number of amides is 1. The molecule has 2 heterocycles. The summed E-state index contributed by atoms with van der Waals surface area (Å²) in [7, 11) is 7.87. The minimum Gasteiger partial charge on any atom is -0.493 e. The van der Waals surface area contributed by atoms with Crippen molar-refractivity contribution in [3.63, 3.8) is 0 Å². The van der Waals surface area contributed by atoms with Crippen LogP contribution in [-0.4, -0.2) is 60.4 Å². The van der Waals surface area contributed by atoms with Crippen molar-refractivity contribution in [1.29, 1.82) is 0 Å². The molecule has 4 aromatic rings. The zero-order chi connectivity index (χ0) is 33.6. The second-order valence-corrected chi connectivity index (χ2v) is 10.8. The maximum Gasteiger partial charge on any atom is 0.255 e. The predicted molar refractivity (Wildman–Crippen MR) is 178 cm³/mol. The van der Waals surface area contributed by atoms with Gasteiger partial charge in [0.05, 0.1) is 46.8 Å². The summed E-state index contributed by atoms with van der Waals surface area (Å²) in [6, 6.07) is 22.2. The second kappa shape index (κ2) is 14.3. The number of hydrogen-bond donors (Lipinski definition) is 2. The number of benzene rings is 4. The number of hydrogen-bond acceptors (Lipinski definition) is 11. The molecule has 48 heavy (non-hydrogen) atoms.